The third-order valence-electron chi connectivity index (χ3n) is 9.26. The summed E-state index contributed by atoms with van der Waals surface area (Å²) in [4.78, 5) is 0. The van der Waals surface area contributed by atoms with Crippen LogP contribution in [0, 0.1) is 34.5 Å². The molecule has 0 bridgehead atoms. The predicted molar refractivity (Wildman–Crippen MR) is 95.5 cm³/mol. The second-order valence-electron chi connectivity index (χ2n) is 9.84. The standard InChI is InChI=1S/C22H31FO2/c1-13-8-14-9-16(25-3)4-5-17(14)18-6-7-20(2)21(23,12-24)10-15-11-22(15,20)19(13)18/h4,13,15,18-19,24H,5-12H2,1-3H3/t13-,15-,18-,19-,20-,21+,22-/m1/s1. The van der Waals surface area contributed by atoms with Crippen LogP contribution >= 0.6 is 0 Å². The fourth-order valence-electron chi connectivity index (χ4n) is 8.11. The molecule has 2 nitrogen and oxygen atoms in total. The number of aliphatic hydroxyl groups is 1. The predicted octanol–water partition coefficient (Wildman–Crippen LogP) is 4.79. The van der Waals surface area contributed by atoms with Crippen LogP contribution < -0.4 is 0 Å². The van der Waals surface area contributed by atoms with Crippen molar-refractivity contribution in [2.45, 2.75) is 64.5 Å². The Balaban J connectivity index is 1.54. The lowest BCUT2D eigenvalue weighted by Crippen LogP contribution is -2.55. The summed E-state index contributed by atoms with van der Waals surface area (Å²) in [5, 5.41) is 9.86. The van der Waals surface area contributed by atoms with Crippen LogP contribution in [-0.2, 0) is 4.74 Å². The number of aliphatic hydroxyl groups excluding tert-OH is 1. The summed E-state index contributed by atoms with van der Waals surface area (Å²) in [6, 6.07) is 0. The molecule has 3 saturated carbocycles. The van der Waals surface area contributed by atoms with Gasteiger partial charge in [0.1, 0.15) is 5.67 Å². The quantitative estimate of drug-likeness (QED) is 0.729. The molecule has 0 radical (unpaired) electrons. The van der Waals surface area contributed by atoms with Gasteiger partial charge in [-0.1, -0.05) is 25.0 Å². The molecule has 5 aliphatic rings. The van der Waals surface area contributed by atoms with E-state index in [1.807, 2.05) is 0 Å². The van der Waals surface area contributed by atoms with Gasteiger partial charge in [0.25, 0.3) is 0 Å². The van der Waals surface area contributed by atoms with Crippen molar-refractivity contribution < 1.29 is 14.2 Å². The number of hydrogen-bond donors (Lipinski definition) is 1. The van der Waals surface area contributed by atoms with E-state index in [-0.39, 0.29) is 17.4 Å². The maximum atomic E-state index is 15.7. The largest absolute Gasteiger partial charge is 0.501 e. The monoisotopic (exact) mass is 346 g/mol. The first-order valence-corrected chi connectivity index (χ1v) is 10.1. The molecule has 0 aromatic rings. The van der Waals surface area contributed by atoms with E-state index in [4.69, 9.17) is 4.74 Å². The average Bonchev–Trinajstić information content (AvgIpc) is 3.26. The molecular weight excluding hydrogens is 315 g/mol. The number of fused-ring (bicyclic) bond motifs is 2. The number of hydrogen-bond acceptors (Lipinski definition) is 2. The molecule has 0 amide bonds. The maximum Gasteiger partial charge on any atom is 0.140 e. The molecule has 0 saturated heterocycles. The van der Waals surface area contributed by atoms with Crippen LogP contribution in [0.15, 0.2) is 23.0 Å². The Morgan fingerprint density at radius 3 is 2.88 bits per heavy atom. The molecule has 3 fully saturated rings. The van der Waals surface area contributed by atoms with E-state index in [1.165, 1.54) is 6.42 Å². The van der Waals surface area contributed by atoms with Gasteiger partial charge in [-0.15, -0.1) is 0 Å². The number of rotatable bonds is 2. The normalized spacial score (nSPS) is 53.4. The Morgan fingerprint density at radius 2 is 2.16 bits per heavy atom. The fourth-order valence-corrected chi connectivity index (χ4v) is 8.11. The Bertz CT molecular complexity index is 682. The molecule has 0 aliphatic heterocycles. The molecule has 1 spiro atoms. The summed E-state index contributed by atoms with van der Waals surface area (Å²) in [5.74, 6) is 3.48. The molecular formula is C22H31FO2. The van der Waals surface area contributed by atoms with Crippen LogP contribution in [0.25, 0.3) is 0 Å². The van der Waals surface area contributed by atoms with E-state index >= 15 is 4.39 Å². The molecule has 0 aromatic carbocycles. The van der Waals surface area contributed by atoms with Crippen molar-refractivity contribution in [2.75, 3.05) is 13.7 Å². The summed E-state index contributed by atoms with van der Waals surface area (Å²) >= 11 is 0. The van der Waals surface area contributed by atoms with E-state index in [9.17, 15) is 5.11 Å². The Kier molecular flexibility index (Phi) is 3.21. The number of halogens is 1. The Labute approximate surface area is 150 Å². The van der Waals surface area contributed by atoms with Crippen LogP contribution in [0.1, 0.15) is 58.8 Å². The van der Waals surface area contributed by atoms with E-state index in [0.29, 0.717) is 30.1 Å². The van der Waals surface area contributed by atoms with Gasteiger partial charge >= 0.3 is 0 Å². The van der Waals surface area contributed by atoms with Crippen molar-refractivity contribution in [1.29, 1.82) is 0 Å². The lowest BCUT2D eigenvalue weighted by molar-refractivity contribution is -0.119. The summed E-state index contributed by atoms with van der Waals surface area (Å²) < 4.78 is 21.2. The molecule has 0 unspecified atom stereocenters. The highest BCUT2D eigenvalue weighted by atomic mass is 19.1. The molecule has 138 valence electrons. The number of ether oxygens (including phenoxy) is 1. The average molecular weight is 346 g/mol. The van der Waals surface area contributed by atoms with Gasteiger partial charge < -0.3 is 9.84 Å². The molecule has 1 N–H and O–H groups in total. The van der Waals surface area contributed by atoms with Crippen molar-refractivity contribution in [2.24, 2.45) is 34.5 Å². The van der Waals surface area contributed by atoms with Gasteiger partial charge in [0, 0.05) is 11.8 Å². The topological polar surface area (TPSA) is 29.5 Å². The highest BCUT2D eigenvalue weighted by Crippen LogP contribution is 2.84. The molecule has 0 aromatic heterocycles. The molecule has 5 rings (SSSR count). The molecule has 5 aliphatic carbocycles. The molecule has 3 heteroatoms. The van der Waals surface area contributed by atoms with E-state index < -0.39 is 5.67 Å². The van der Waals surface area contributed by atoms with Crippen LogP contribution in [0.4, 0.5) is 4.39 Å². The molecule has 25 heavy (non-hydrogen) atoms. The SMILES string of the molecule is COC1=CCC2=C(C1)C[C@@H](C)[C@@H]1[C@@H]2CC[C@]2(C)[C@@](F)(CO)C[C@@H]3C[C@@]312. The van der Waals surface area contributed by atoms with Gasteiger partial charge in [0.05, 0.1) is 19.5 Å². The van der Waals surface area contributed by atoms with Crippen LogP contribution in [-0.4, -0.2) is 24.5 Å². The second-order valence-corrected chi connectivity index (χ2v) is 9.84. The second kappa shape index (κ2) is 4.91. The summed E-state index contributed by atoms with van der Waals surface area (Å²) in [7, 11) is 1.78. The zero-order valence-electron chi connectivity index (χ0n) is 15.8. The van der Waals surface area contributed by atoms with Crippen LogP contribution in [0.2, 0.25) is 0 Å². The number of allylic oxidation sites excluding steroid dienone is 3. The minimum atomic E-state index is -1.36. The van der Waals surface area contributed by atoms with Crippen molar-refractivity contribution in [1.82, 2.24) is 0 Å². The van der Waals surface area contributed by atoms with Crippen molar-refractivity contribution in [3.05, 3.63) is 23.0 Å². The van der Waals surface area contributed by atoms with E-state index in [0.717, 1.165) is 37.9 Å². The van der Waals surface area contributed by atoms with Crippen LogP contribution in [0.3, 0.4) is 0 Å². The third-order valence-corrected chi connectivity index (χ3v) is 9.26. The zero-order chi connectivity index (χ0) is 17.6. The minimum Gasteiger partial charge on any atom is -0.501 e. The highest BCUT2D eigenvalue weighted by molar-refractivity contribution is 5.38. The van der Waals surface area contributed by atoms with Gasteiger partial charge in [-0.2, -0.15) is 0 Å². The van der Waals surface area contributed by atoms with Gasteiger partial charge in [-0.3, -0.25) is 0 Å². The van der Waals surface area contributed by atoms with Gasteiger partial charge in [0.15, 0.2) is 0 Å². The van der Waals surface area contributed by atoms with Gasteiger partial charge in [-0.05, 0) is 73.7 Å². The third kappa shape index (κ3) is 1.74. The van der Waals surface area contributed by atoms with E-state index in [2.05, 4.69) is 19.9 Å². The number of methoxy groups -OCH3 is 1. The highest BCUT2D eigenvalue weighted by Gasteiger charge is 2.82. The lowest BCUT2D eigenvalue weighted by Gasteiger charge is -2.57. The lowest BCUT2D eigenvalue weighted by atomic mass is 9.48. The first-order chi connectivity index (χ1) is 11.9. The van der Waals surface area contributed by atoms with Gasteiger partial charge in [0.2, 0.25) is 0 Å². The molecule has 7 atom stereocenters. The Hall–Kier alpha value is -0.830. The summed E-state index contributed by atoms with van der Waals surface area (Å²) in [6.45, 7) is 4.29. The number of alkyl halides is 1. The van der Waals surface area contributed by atoms with Crippen molar-refractivity contribution >= 4 is 0 Å². The van der Waals surface area contributed by atoms with Gasteiger partial charge in [-0.25, -0.2) is 4.39 Å². The maximum absolute atomic E-state index is 15.7. The first-order valence-electron chi connectivity index (χ1n) is 10.1. The van der Waals surface area contributed by atoms with Crippen LogP contribution in [0.5, 0.6) is 0 Å². The molecule has 0 heterocycles. The van der Waals surface area contributed by atoms with Crippen molar-refractivity contribution in [3.63, 3.8) is 0 Å². The first kappa shape index (κ1) is 16.4. The summed E-state index contributed by atoms with van der Waals surface area (Å²) in [5.41, 5.74) is 1.74. The zero-order valence-corrected chi connectivity index (χ0v) is 15.8. The van der Waals surface area contributed by atoms with Crippen molar-refractivity contribution in [3.8, 4) is 0 Å². The van der Waals surface area contributed by atoms with E-state index in [1.54, 1.807) is 18.3 Å². The smallest absolute Gasteiger partial charge is 0.140 e. The Morgan fingerprint density at radius 1 is 1.36 bits per heavy atom. The fraction of sp³-hybridized carbons (Fsp3) is 0.818. The summed E-state index contributed by atoms with van der Waals surface area (Å²) in [6.07, 6.45) is 9.26. The minimum absolute atomic E-state index is 0.149.